The molecule has 0 saturated carbocycles. The number of anilines is 2. The van der Waals surface area contributed by atoms with Crippen molar-refractivity contribution in [2.24, 2.45) is 5.41 Å². The van der Waals surface area contributed by atoms with Gasteiger partial charge in [0.1, 0.15) is 6.04 Å². The Labute approximate surface area is 160 Å². The van der Waals surface area contributed by atoms with Crippen LogP contribution in [0.2, 0.25) is 0 Å². The first-order valence-electron chi connectivity index (χ1n) is 9.22. The van der Waals surface area contributed by atoms with E-state index in [1.165, 1.54) is 0 Å². The van der Waals surface area contributed by atoms with Crippen molar-refractivity contribution in [2.75, 3.05) is 17.3 Å². The first-order chi connectivity index (χ1) is 12.7. The molecule has 0 bridgehead atoms. The Hall–Kier alpha value is -2.82. The number of hydrogen-bond acceptors (Lipinski definition) is 3. The topological polar surface area (TPSA) is 61.4 Å². The summed E-state index contributed by atoms with van der Waals surface area (Å²) in [5.41, 5.74) is 3.03. The highest BCUT2D eigenvalue weighted by atomic mass is 16.2. The van der Waals surface area contributed by atoms with Crippen LogP contribution < -0.4 is 15.5 Å². The molecule has 5 heteroatoms. The van der Waals surface area contributed by atoms with E-state index in [0.717, 1.165) is 11.3 Å². The SMILES string of the molecule is C[C@@H]1C(=O)Nc2cc(C(=O)N[C@@H](c3ccccc3)C(C)(C)C)ccc2N1C. The van der Waals surface area contributed by atoms with Crippen molar-refractivity contribution >= 4 is 23.2 Å². The zero-order chi connectivity index (χ0) is 19.8. The van der Waals surface area contributed by atoms with Crippen molar-refractivity contribution in [1.82, 2.24) is 5.32 Å². The fourth-order valence-corrected chi connectivity index (χ4v) is 3.37. The monoisotopic (exact) mass is 365 g/mol. The maximum atomic E-state index is 13.0. The van der Waals surface area contributed by atoms with Gasteiger partial charge >= 0.3 is 0 Å². The summed E-state index contributed by atoms with van der Waals surface area (Å²) in [5, 5.41) is 6.05. The second-order valence-corrected chi connectivity index (χ2v) is 8.19. The van der Waals surface area contributed by atoms with E-state index in [2.05, 4.69) is 31.4 Å². The quantitative estimate of drug-likeness (QED) is 0.865. The highest BCUT2D eigenvalue weighted by Crippen LogP contribution is 2.34. The summed E-state index contributed by atoms with van der Waals surface area (Å²) in [6.07, 6.45) is 0. The number of carbonyl (C=O) groups is 2. The van der Waals surface area contributed by atoms with Gasteiger partial charge in [0.15, 0.2) is 0 Å². The number of carbonyl (C=O) groups excluding carboxylic acids is 2. The Morgan fingerprint density at radius 1 is 1.15 bits per heavy atom. The third kappa shape index (κ3) is 3.82. The van der Waals surface area contributed by atoms with Crippen LogP contribution in [0.4, 0.5) is 11.4 Å². The van der Waals surface area contributed by atoms with E-state index in [-0.39, 0.29) is 29.3 Å². The smallest absolute Gasteiger partial charge is 0.251 e. The van der Waals surface area contributed by atoms with Crippen molar-refractivity contribution in [3.8, 4) is 0 Å². The lowest BCUT2D eigenvalue weighted by Gasteiger charge is -2.34. The average Bonchev–Trinajstić information content (AvgIpc) is 2.63. The number of benzene rings is 2. The molecule has 0 fully saturated rings. The van der Waals surface area contributed by atoms with Gasteiger partial charge in [-0.15, -0.1) is 0 Å². The number of nitrogens with zero attached hydrogens (tertiary/aromatic N) is 1. The molecule has 0 unspecified atom stereocenters. The molecule has 0 saturated heterocycles. The highest BCUT2D eigenvalue weighted by molar-refractivity contribution is 6.05. The van der Waals surface area contributed by atoms with E-state index < -0.39 is 0 Å². The molecule has 142 valence electrons. The number of nitrogens with one attached hydrogen (secondary N) is 2. The number of likely N-dealkylation sites (N-methyl/N-ethyl adjacent to an activating group) is 1. The number of amides is 2. The van der Waals surface area contributed by atoms with Crippen molar-refractivity contribution in [3.05, 3.63) is 59.7 Å². The Kier molecular flexibility index (Phi) is 4.96. The van der Waals surface area contributed by atoms with Crippen LogP contribution in [0.5, 0.6) is 0 Å². The van der Waals surface area contributed by atoms with Gasteiger partial charge in [0.2, 0.25) is 5.91 Å². The van der Waals surface area contributed by atoms with Gasteiger partial charge in [0.25, 0.3) is 5.91 Å². The minimum Gasteiger partial charge on any atom is -0.361 e. The summed E-state index contributed by atoms with van der Waals surface area (Å²) in [6.45, 7) is 8.17. The first-order valence-corrected chi connectivity index (χ1v) is 9.22. The number of hydrogen-bond donors (Lipinski definition) is 2. The van der Waals surface area contributed by atoms with Gasteiger partial charge in [-0.05, 0) is 36.1 Å². The van der Waals surface area contributed by atoms with Crippen LogP contribution in [0.15, 0.2) is 48.5 Å². The molecule has 0 spiro atoms. The second-order valence-electron chi connectivity index (χ2n) is 8.19. The lowest BCUT2D eigenvalue weighted by atomic mass is 9.82. The van der Waals surface area contributed by atoms with Crippen LogP contribution in [0.3, 0.4) is 0 Å². The van der Waals surface area contributed by atoms with Gasteiger partial charge in [-0.3, -0.25) is 9.59 Å². The molecule has 2 atom stereocenters. The van der Waals surface area contributed by atoms with E-state index in [0.29, 0.717) is 11.3 Å². The van der Waals surface area contributed by atoms with Crippen LogP contribution in [-0.4, -0.2) is 24.9 Å². The van der Waals surface area contributed by atoms with Crippen LogP contribution in [0.25, 0.3) is 0 Å². The summed E-state index contributed by atoms with van der Waals surface area (Å²) < 4.78 is 0. The number of fused-ring (bicyclic) bond motifs is 1. The van der Waals surface area contributed by atoms with Gasteiger partial charge in [-0.1, -0.05) is 51.1 Å². The molecule has 0 aliphatic carbocycles. The van der Waals surface area contributed by atoms with Crippen molar-refractivity contribution < 1.29 is 9.59 Å². The van der Waals surface area contributed by atoms with E-state index >= 15 is 0 Å². The fraction of sp³-hybridized carbons (Fsp3) is 0.364. The average molecular weight is 365 g/mol. The zero-order valence-corrected chi connectivity index (χ0v) is 16.5. The second kappa shape index (κ2) is 7.06. The predicted molar refractivity (Wildman–Crippen MR) is 109 cm³/mol. The lowest BCUT2D eigenvalue weighted by Crippen LogP contribution is -2.44. The Bertz CT molecular complexity index is 856. The molecule has 1 aliphatic rings. The summed E-state index contributed by atoms with van der Waals surface area (Å²) in [6, 6.07) is 15.1. The van der Waals surface area contributed by atoms with Crippen LogP contribution >= 0.6 is 0 Å². The van der Waals surface area contributed by atoms with E-state index in [1.807, 2.05) is 55.3 Å². The molecule has 2 aromatic carbocycles. The highest BCUT2D eigenvalue weighted by Gasteiger charge is 2.30. The summed E-state index contributed by atoms with van der Waals surface area (Å²) in [5.74, 6) is -0.225. The van der Waals surface area contributed by atoms with E-state index in [4.69, 9.17) is 0 Å². The largest absolute Gasteiger partial charge is 0.361 e. The molecule has 0 aromatic heterocycles. The molecular weight excluding hydrogens is 338 g/mol. The Morgan fingerprint density at radius 2 is 1.81 bits per heavy atom. The van der Waals surface area contributed by atoms with Gasteiger partial charge in [0, 0.05) is 12.6 Å². The molecule has 1 heterocycles. The van der Waals surface area contributed by atoms with E-state index in [9.17, 15) is 9.59 Å². The third-order valence-corrected chi connectivity index (χ3v) is 5.13. The molecule has 27 heavy (non-hydrogen) atoms. The van der Waals surface area contributed by atoms with Gasteiger partial charge < -0.3 is 15.5 Å². The summed E-state index contributed by atoms with van der Waals surface area (Å²) in [7, 11) is 1.88. The summed E-state index contributed by atoms with van der Waals surface area (Å²) in [4.78, 5) is 27.0. The molecule has 0 radical (unpaired) electrons. The summed E-state index contributed by atoms with van der Waals surface area (Å²) >= 11 is 0. The van der Waals surface area contributed by atoms with Gasteiger partial charge in [-0.25, -0.2) is 0 Å². The third-order valence-electron chi connectivity index (χ3n) is 5.13. The molecule has 3 rings (SSSR count). The molecule has 2 amide bonds. The maximum absolute atomic E-state index is 13.0. The fourth-order valence-electron chi connectivity index (χ4n) is 3.37. The zero-order valence-electron chi connectivity index (χ0n) is 16.5. The molecule has 2 N–H and O–H groups in total. The molecule has 5 nitrogen and oxygen atoms in total. The van der Waals surface area contributed by atoms with Gasteiger partial charge in [0.05, 0.1) is 17.4 Å². The van der Waals surface area contributed by atoms with Gasteiger partial charge in [-0.2, -0.15) is 0 Å². The minimum absolute atomic E-state index is 0.0700. The Balaban J connectivity index is 1.88. The van der Waals surface area contributed by atoms with E-state index in [1.54, 1.807) is 12.1 Å². The van der Waals surface area contributed by atoms with Crippen molar-refractivity contribution in [1.29, 1.82) is 0 Å². The normalized spacial score (nSPS) is 17.7. The predicted octanol–water partition coefficient (Wildman–Crippen LogP) is 3.98. The minimum atomic E-state index is -0.236. The maximum Gasteiger partial charge on any atom is 0.251 e. The van der Waals surface area contributed by atoms with Crippen molar-refractivity contribution in [3.63, 3.8) is 0 Å². The first kappa shape index (κ1) is 19.0. The van der Waals surface area contributed by atoms with Crippen LogP contribution in [0, 0.1) is 5.41 Å². The van der Waals surface area contributed by atoms with Crippen LogP contribution in [0.1, 0.15) is 49.7 Å². The van der Waals surface area contributed by atoms with Crippen LogP contribution in [-0.2, 0) is 4.79 Å². The molecule has 2 aromatic rings. The van der Waals surface area contributed by atoms with Crippen molar-refractivity contribution in [2.45, 2.75) is 39.8 Å². The lowest BCUT2D eigenvalue weighted by molar-refractivity contribution is -0.117. The molecular formula is C22H27N3O2. The number of rotatable bonds is 3. The molecule has 1 aliphatic heterocycles. The Morgan fingerprint density at radius 3 is 2.44 bits per heavy atom. The standard InChI is InChI=1S/C22H27N3O2/c1-14-20(26)23-17-13-16(11-12-18(17)25(14)5)21(27)24-19(22(2,3)4)15-9-7-6-8-10-15/h6-14,19H,1-5H3,(H,23,26)(H,24,27)/t14-,19+/m1/s1.